The first-order valence-electron chi connectivity index (χ1n) is 5.53. The Morgan fingerprint density at radius 2 is 2.11 bits per heavy atom. The Morgan fingerprint density at radius 1 is 1.42 bits per heavy atom. The van der Waals surface area contributed by atoms with E-state index in [4.69, 9.17) is 5.90 Å². The van der Waals surface area contributed by atoms with Crippen LogP contribution in [0.2, 0.25) is 0 Å². The van der Waals surface area contributed by atoms with Crippen molar-refractivity contribution in [3.05, 3.63) is 30.0 Å². The summed E-state index contributed by atoms with van der Waals surface area (Å²) in [6, 6.07) is 6.67. The predicted molar refractivity (Wildman–Crippen MR) is 70.1 cm³/mol. The van der Waals surface area contributed by atoms with Crippen molar-refractivity contribution < 1.29 is 18.0 Å². The lowest BCUT2D eigenvalue weighted by molar-refractivity contribution is -0.144. The van der Waals surface area contributed by atoms with Gasteiger partial charge >= 0.3 is 5.97 Å². The highest BCUT2D eigenvalue weighted by molar-refractivity contribution is 7.91. The molecule has 0 bridgehead atoms. The van der Waals surface area contributed by atoms with E-state index in [0.29, 0.717) is 10.9 Å². The minimum absolute atomic E-state index is 0.0565. The van der Waals surface area contributed by atoms with Crippen molar-refractivity contribution in [1.29, 1.82) is 0 Å². The van der Waals surface area contributed by atoms with Crippen LogP contribution in [0.15, 0.2) is 29.2 Å². The van der Waals surface area contributed by atoms with Crippen LogP contribution < -0.4 is 5.90 Å². The van der Waals surface area contributed by atoms with Gasteiger partial charge in [0.15, 0.2) is 9.84 Å². The fourth-order valence-corrected chi connectivity index (χ4v) is 2.98. The lowest BCUT2D eigenvalue weighted by atomic mass is 10.2. The zero-order valence-electron chi connectivity index (χ0n) is 10.6. The summed E-state index contributed by atoms with van der Waals surface area (Å²) >= 11 is 0. The maximum atomic E-state index is 11.7. The van der Waals surface area contributed by atoms with Gasteiger partial charge in [0, 0.05) is 17.3 Å². The largest absolute Gasteiger partial charge is 0.372 e. The molecule has 0 amide bonds. The summed E-state index contributed by atoms with van der Waals surface area (Å²) in [5.41, 5.74) is 1.42. The van der Waals surface area contributed by atoms with E-state index in [0.717, 1.165) is 11.9 Å². The molecule has 0 aliphatic rings. The molecule has 19 heavy (non-hydrogen) atoms. The third kappa shape index (κ3) is 2.47. The van der Waals surface area contributed by atoms with Crippen LogP contribution >= 0.6 is 0 Å². The SMILES string of the molecule is Cc1cc2c(S(C)(=O)=O)cccc2n1CC(=O)ON. The van der Waals surface area contributed by atoms with Crippen LogP contribution in [-0.4, -0.2) is 25.2 Å². The lowest BCUT2D eigenvalue weighted by Crippen LogP contribution is -2.17. The second-order valence-electron chi connectivity index (χ2n) is 4.32. The normalized spacial score (nSPS) is 11.7. The van der Waals surface area contributed by atoms with Crippen molar-refractivity contribution >= 4 is 26.7 Å². The van der Waals surface area contributed by atoms with Crippen molar-refractivity contribution in [3.63, 3.8) is 0 Å². The predicted octanol–water partition coefficient (Wildman–Crippen LogP) is 0.770. The zero-order chi connectivity index (χ0) is 14.2. The second kappa shape index (κ2) is 4.67. The van der Waals surface area contributed by atoms with Gasteiger partial charge in [-0.25, -0.2) is 13.2 Å². The van der Waals surface area contributed by atoms with Crippen LogP contribution in [0.1, 0.15) is 5.69 Å². The third-order valence-electron chi connectivity index (χ3n) is 2.93. The smallest absolute Gasteiger partial charge is 0.344 e. The summed E-state index contributed by atoms with van der Waals surface area (Å²) in [7, 11) is -3.32. The maximum Gasteiger partial charge on any atom is 0.344 e. The number of fused-ring (bicyclic) bond motifs is 1. The average Bonchev–Trinajstić information content (AvgIpc) is 2.64. The fraction of sp³-hybridized carbons (Fsp3) is 0.250. The van der Waals surface area contributed by atoms with Gasteiger partial charge in [0.1, 0.15) is 6.54 Å². The Bertz CT molecular complexity index is 746. The molecule has 0 fully saturated rings. The highest BCUT2D eigenvalue weighted by Crippen LogP contribution is 2.26. The van der Waals surface area contributed by atoms with Crippen LogP contribution in [0.3, 0.4) is 0 Å². The number of benzene rings is 1. The van der Waals surface area contributed by atoms with E-state index < -0.39 is 15.8 Å². The Morgan fingerprint density at radius 3 is 2.68 bits per heavy atom. The molecule has 2 aromatic rings. The van der Waals surface area contributed by atoms with Gasteiger partial charge in [-0.2, -0.15) is 5.90 Å². The molecular formula is C12H14N2O4S. The van der Waals surface area contributed by atoms with Gasteiger partial charge in [0.05, 0.1) is 10.4 Å². The highest BCUT2D eigenvalue weighted by atomic mass is 32.2. The van der Waals surface area contributed by atoms with E-state index in [9.17, 15) is 13.2 Å². The van der Waals surface area contributed by atoms with Crippen molar-refractivity contribution in [2.24, 2.45) is 5.90 Å². The number of carbonyl (C=O) groups excluding carboxylic acids is 1. The molecule has 2 rings (SSSR count). The first kappa shape index (κ1) is 13.6. The number of nitrogens with zero attached hydrogens (tertiary/aromatic N) is 1. The van der Waals surface area contributed by atoms with Gasteiger partial charge in [0.2, 0.25) is 0 Å². The molecular weight excluding hydrogens is 268 g/mol. The number of hydrogen-bond donors (Lipinski definition) is 1. The van der Waals surface area contributed by atoms with Crippen molar-refractivity contribution in [2.45, 2.75) is 18.4 Å². The van der Waals surface area contributed by atoms with Crippen LogP contribution in [0.25, 0.3) is 10.9 Å². The van der Waals surface area contributed by atoms with E-state index in [1.54, 1.807) is 35.8 Å². The van der Waals surface area contributed by atoms with E-state index in [-0.39, 0.29) is 11.4 Å². The summed E-state index contributed by atoms with van der Waals surface area (Å²) in [6.45, 7) is 1.73. The summed E-state index contributed by atoms with van der Waals surface area (Å²) in [6.07, 6.45) is 1.16. The molecule has 7 heteroatoms. The quantitative estimate of drug-likeness (QED) is 0.840. The summed E-state index contributed by atoms with van der Waals surface area (Å²) in [4.78, 5) is 15.7. The average molecular weight is 282 g/mol. The Balaban J connectivity index is 2.69. The number of hydrogen-bond acceptors (Lipinski definition) is 5. The number of aryl methyl sites for hydroxylation is 1. The van der Waals surface area contributed by atoms with Crippen molar-refractivity contribution in [1.82, 2.24) is 4.57 Å². The van der Waals surface area contributed by atoms with Gasteiger partial charge in [-0.05, 0) is 25.1 Å². The second-order valence-corrected chi connectivity index (χ2v) is 6.31. The van der Waals surface area contributed by atoms with Gasteiger partial charge in [-0.3, -0.25) is 0 Å². The first-order valence-corrected chi connectivity index (χ1v) is 7.42. The van der Waals surface area contributed by atoms with Gasteiger partial charge in [-0.1, -0.05) is 6.07 Å². The van der Waals surface area contributed by atoms with Crippen LogP contribution in [-0.2, 0) is 26.0 Å². The molecule has 6 nitrogen and oxygen atoms in total. The number of rotatable bonds is 3. The van der Waals surface area contributed by atoms with Gasteiger partial charge in [-0.15, -0.1) is 0 Å². The summed E-state index contributed by atoms with van der Waals surface area (Å²) in [5, 5.41) is 0.590. The Hall–Kier alpha value is -1.86. The molecule has 2 N–H and O–H groups in total. The Kier molecular flexibility index (Phi) is 3.34. The molecule has 0 atom stereocenters. The summed E-state index contributed by atoms with van der Waals surface area (Å²) in [5.74, 6) is 4.23. The van der Waals surface area contributed by atoms with E-state index in [1.807, 2.05) is 0 Å². The number of aromatic nitrogens is 1. The molecule has 1 aromatic heterocycles. The minimum Gasteiger partial charge on any atom is -0.372 e. The number of carbonyl (C=O) groups is 1. The molecule has 1 heterocycles. The maximum absolute atomic E-state index is 11.7. The topological polar surface area (TPSA) is 91.4 Å². The molecule has 0 radical (unpaired) electrons. The van der Waals surface area contributed by atoms with Crippen LogP contribution in [0, 0.1) is 6.92 Å². The van der Waals surface area contributed by atoms with E-state index in [2.05, 4.69) is 4.84 Å². The third-order valence-corrected chi connectivity index (χ3v) is 4.09. The van der Waals surface area contributed by atoms with E-state index in [1.165, 1.54) is 0 Å². The molecule has 1 aromatic carbocycles. The molecule has 102 valence electrons. The van der Waals surface area contributed by atoms with Crippen molar-refractivity contribution in [3.8, 4) is 0 Å². The van der Waals surface area contributed by atoms with Crippen LogP contribution in [0.5, 0.6) is 0 Å². The van der Waals surface area contributed by atoms with E-state index >= 15 is 0 Å². The highest BCUT2D eigenvalue weighted by Gasteiger charge is 2.16. The summed E-state index contributed by atoms with van der Waals surface area (Å²) < 4.78 is 25.1. The molecule has 0 unspecified atom stereocenters. The zero-order valence-corrected chi connectivity index (χ0v) is 11.4. The van der Waals surface area contributed by atoms with Gasteiger partial charge in [0.25, 0.3) is 0 Å². The molecule has 0 saturated heterocycles. The lowest BCUT2D eigenvalue weighted by Gasteiger charge is -2.06. The fourth-order valence-electron chi connectivity index (χ4n) is 2.09. The first-order chi connectivity index (χ1) is 8.84. The number of sulfone groups is 1. The standard InChI is InChI=1S/C12H14N2O4S/c1-8-6-9-10(14(8)7-12(15)18-13)4-3-5-11(9)19(2,16)17/h3-6H,7,13H2,1-2H3. The Labute approximate surface area is 110 Å². The molecule has 0 aliphatic heterocycles. The minimum atomic E-state index is -3.32. The monoisotopic (exact) mass is 282 g/mol. The molecule has 0 aliphatic carbocycles. The van der Waals surface area contributed by atoms with Crippen LogP contribution in [0.4, 0.5) is 0 Å². The van der Waals surface area contributed by atoms with Gasteiger partial charge < -0.3 is 9.40 Å². The molecule has 0 saturated carbocycles. The molecule has 0 spiro atoms. The number of nitrogens with two attached hydrogens (primary N) is 1. The van der Waals surface area contributed by atoms with Crippen molar-refractivity contribution in [2.75, 3.05) is 6.26 Å².